The molecule has 0 atom stereocenters. The summed E-state index contributed by atoms with van der Waals surface area (Å²) in [5.41, 5.74) is 5.61. The van der Waals surface area contributed by atoms with Gasteiger partial charge in [-0.15, -0.1) is 0 Å². The molecule has 6 heteroatoms. The molecule has 1 heterocycles. The van der Waals surface area contributed by atoms with Crippen LogP contribution in [0.25, 0.3) is 0 Å². The number of carbonyl (C=O) groups is 1. The van der Waals surface area contributed by atoms with E-state index in [9.17, 15) is 13.2 Å². The lowest BCUT2D eigenvalue weighted by Gasteiger charge is -2.29. The lowest BCUT2D eigenvalue weighted by atomic mass is 9.84. The zero-order chi connectivity index (χ0) is 13.8. The first-order valence-corrected chi connectivity index (χ1v) is 8.26. The second-order valence-electron chi connectivity index (χ2n) is 5.74. The van der Waals surface area contributed by atoms with Gasteiger partial charge in [0.25, 0.3) is 0 Å². The molecule has 1 aliphatic heterocycles. The largest absolute Gasteiger partial charge is 0.341 e. The number of hydrogen-bond donors (Lipinski definition) is 1. The summed E-state index contributed by atoms with van der Waals surface area (Å²) in [5.74, 6) is 0.269. The summed E-state index contributed by atoms with van der Waals surface area (Å²) in [7, 11) is -2.91. The van der Waals surface area contributed by atoms with Gasteiger partial charge < -0.3 is 10.6 Å². The molecule has 106 valence electrons. The van der Waals surface area contributed by atoms with Crippen LogP contribution in [0.1, 0.15) is 33.1 Å². The van der Waals surface area contributed by atoms with E-state index in [4.69, 9.17) is 5.73 Å². The summed E-state index contributed by atoms with van der Waals surface area (Å²) in [6, 6.07) is 0. The van der Waals surface area contributed by atoms with Crippen LogP contribution in [0.5, 0.6) is 0 Å². The molecule has 0 unspecified atom stereocenters. The standard InChI is InChI=1S/C12H24N2O3S/c1-12(2,5-6-13)4-3-11(15)14-7-9-18(16,17)10-8-14/h3-10,13H2,1-2H3. The van der Waals surface area contributed by atoms with Crippen molar-refractivity contribution in [2.75, 3.05) is 31.1 Å². The third-order valence-corrected chi connectivity index (χ3v) is 5.14. The normalized spacial score (nSPS) is 19.8. The van der Waals surface area contributed by atoms with Crippen LogP contribution in [0.15, 0.2) is 0 Å². The van der Waals surface area contributed by atoms with Gasteiger partial charge in [0.2, 0.25) is 5.91 Å². The summed E-state index contributed by atoms with van der Waals surface area (Å²) in [4.78, 5) is 13.6. The predicted octanol–water partition coefficient (Wildman–Crippen LogP) is 0.399. The third-order valence-electron chi connectivity index (χ3n) is 3.53. The summed E-state index contributed by atoms with van der Waals surface area (Å²) >= 11 is 0. The van der Waals surface area contributed by atoms with Crippen molar-refractivity contribution in [2.45, 2.75) is 33.1 Å². The maximum atomic E-state index is 12.0. The molecule has 1 saturated heterocycles. The SMILES string of the molecule is CC(C)(CCN)CCC(=O)N1CCS(=O)(=O)CC1. The Morgan fingerprint density at radius 2 is 1.78 bits per heavy atom. The Bertz CT molecular complexity index is 376. The van der Waals surface area contributed by atoms with Crippen molar-refractivity contribution in [2.24, 2.45) is 11.1 Å². The van der Waals surface area contributed by atoms with Crippen LogP contribution in [-0.4, -0.2) is 50.4 Å². The number of nitrogens with zero attached hydrogens (tertiary/aromatic N) is 1. The molecule has 18 heavy (non-hydrogen) atoms. The van der Waals surface area contributed by atoms with Gasteiger partial charge in [-0.2, -0.15) is 0 Å². The lowest BCUT2D eigenvalue weighted by Crippen LogP contribution is -2.43. The Kier molecular flexibility index (Phi) is 5.16. The van der Waals surface area contributed by atoms with E-state index >= 15 is 0 Å². The van der Waals surface area contributed by atoms with Crippen LogP contribution < -0.4 is 5.73 Å². The summed E-state index contributed by atoms with van der Waals surface area (Å²) in [6.07, 6.45) is 2.17. The molecule has 0 aromatic heterocycles. The van der Waals surface area contributed by atoms with Crippen molar-refractivity contribution in [3.63, 3.8) is 0 Å². The average molecular weight is 276 g/mol. The molecule has 1 rings (SSSR count). The van der Waals surface area contributed by atoms with E-state index in [0.717, 1.165) is 12.8 Å². The number of nitrogens with two attached hydrogens (primary N) is 1. The number of rotatable bonds is 5. The molecule has 0 aliphatic carbocycles. The van der Waals surface area contributed by atoms with E-state index in [1.54, 1.807) is 4.90 Å². The van der Waals surface area contributed by atoms with Crippen LogP contribution in [0.4, 0.5) is 0 Å². The Morgan fingerprint density at radius 3 is 2.28 bits per heavy atom. The zero-order valence-electron chi connectivity index (χ0n) is 11.3. The van der Waals surface area contributed by atoms with Gasteiger partial charge in [-0.05, 0) is 24.8 Å². The fourth-order valence-electron chi connectivity index (χ4n) is 2.08. The first kappa shape index (κ1) is 15.4. The number of amides is 1. The third kappa shape index (κ3) is 4.94. The predicted molar refractivity (Wildman–Crippen MR) is 71.9 cm³/mol. The molecule has 1 amide bonds. The highest BCUT2D eigenvalue weighted by Crippen LogP contribution is 2.26. The van der Waals surface area contributed by atoms with Crippen molar-refractivity contribution >= 4 is 15.7 Å². The average Bonchev–Trinajstić information content (AvgIpc) is 2.26. The van der Waals surface area contributed by atoms with Crippen LogP contribution in [0, 0.1) is 5.41 Å². The maximum Gasteiger partial charge on any atom is 0.222 e. The Hall–Kier alpha value is -0.620. The fraction of sp³-hybridized carbons (Fsp3) is 0.917. The molecule has 1 fully saturated rings. The summed E-state index contributed by atoms with van der Waals surface area (Å²) in [5, 5.41) is 0. The van der Waals surface area contributed by atoms with Gasteiger partial charge in [0, 0.05) is 19.5 Å². The number of carbonyl (C=O) groups excluding carboxylic acids is 1. The quantitative estimate of drug-likeness (QED) is 0.788. The summed E-state index contributed by atoms with van der Waals surface area (Å²) in [6.45, 7) is 5.53. The van der Waals surface area contributed by atoms with Gasteiger partial charge >= 0.3 is 0 Å². The van der Waals surface area contributed by atoms with E-state index in [2.05, 4.69) is 13.8 Å². The van der Waals surface area contributed by atoms with Crippen molar-refractivity contribution in [3.05, 3.63) is 0 Å². The van der Waals surface area contributed by atoms with E-state index in [-0.39, 0.29) is 22.8 Å². The highest BCUT2D eigenvalue weighted by molar-refractivity contribution is 7.91. The molecule has 5 nitrogen and oxygen atoms in total. The van der Waals surface area contributed by atoms with Crippen LogP contribution in [-0.2, 0) is 14.6 Å². The number of hydrogen-bond acceptors (Lipinski definition) is 4. The van der Waals surface area contributed by atoms with Crippen LogP contribution >= 0.6 is 0 Å². The topological polar surface area (TPSA) is 80.5 Å². The summed E-state index contributed by atoms with van der Waals surface area (Å²) < 4.78 is 22.5. The Balaban J connectivity index is 2.38. The first-order valence-electron chi connectivity index (χ1n) is 6.44. The molecule has 0 spiro atoms. The highest BCUT2D eigenvalue weighted by Gasteiger charge is 2.26. The molecule has 0 saturated carbocycles. The molecule has 2 N–H and O–H groups in total. The van der Waals surface area contributed by atoms with Crippen molar-refractivity contribution in [1.82, 2.24) is 4.90 Å². The van der Waals surface area contributed by atoms with Gasteiger partial charge in [0.05, 0.1) is 11.5 Å². The molecule has 1 aliphatic rings. The monoisotopic (exact) mass is 276 g/mol. The van der Waals surface area contributed by atoms with Crippen LogP contribution in [0.3, 0.4) is 0 Å². The van der Waals surface area contributed by atoms with Crippen molar-refractivity contribution in [3.8, 4) is 0 Å². The highest BCUT2D eigenvalue weighted by atomic mass is 32.2. The molecule has 0 aromatic rings. The zero-order valence-corrected chi connectivity index (χ0v) is 12.1. The smallest absolute Gasteiger partial charge is 0.222 e. The van der Waals surface area contributed by atoms with Gasteiger partial charge in [0.15, 0.2) is 9.84 Å². The van der Waals surface area contributed by atoms with E-state index < -0.39 is 9.84 Å². The lowest BCUT2D eigenvalue weighted by molar-refractivity contribution is -0.131. The van der Waals surface area contributed by atoms with E-state index in [0.29, 0.717) is 26.1 Å². The first-order chi connectivity index (χ1) is 8.26. The van der Waals surface area contributed by atoms with Gasteiger partial charge in [-0.25, -0.2) is 8.42 Å². The second-order valence-corrected chi connectivity index (χ2v) is 8.04. The number of sulfone groups is 1. The van der Waals surface area contributed by atoms with Gasteiger partial charge in [0.1, 0.15) is 0 Å². The van der Waals surface area contributed by atoms with Crippen molar-refractivity contribution < 1.29 is 13.2 Å². The molecule has 0 aromatic carbocycles. The molecule has 0 radical (unpaired) electrons. The minimum absolute atomic E-state index is 0.0648. The van der Waals surface area contributed by atoms with E-state index in [1.807, 2.05) is 0 Å². The van der Waals surface area contributed by atoms with Gasteiger partial charge in [-0.3, -0.25) is 4.79 Å². The minimum atomic E-state index is -2.91. The maximum absolute atomic E-state index is 12.0. The molecule has 0 bridgehead atoms. The van der Waals surface area contributed by atoms with Crippen molar-refractivity contribution in [1.29, 1.82) is 0 Å². The van der Waals surface area contributed by atoms with E-state index in [1.165, 1.54) is 0 Å². The molecular weight excluding hydrogens is 252 g/mol. The molecular formula is C12H24N2O3S. The van der Waals surface area contributed by atoms with Crippen LogP contribution in [0.2, 0.25) is 0 Å². The Labute approximate surface area is 110 Å². The fourth-order valence-corrected chi connectivity index (χ4v) is 3.28. The van der Waals surface area contributed by atoms with Gasteiger partial charge in [-0.1, -0.05) is 13.8 Å². The minimum Gasteiger partial charge on any atom is -0.341 e. The second kappa shape index (κ2) is 6.02. The Morgan fingerprint density at radius 1 is 1.22 bits per heavy atom.